The standard InChI is InChI=1S/C16H19N3O3.CH2O2/c1-2-10-11-5-3-4-6-12(11)19-14(10)15(20)18-9-7-13(16(21)22)17-8-9;2-1-3/h3-6,9,13,17,19H,2,7-8H2,1H3,(H,18,20)(H,21,22);1H,(H,2,3)/t9-,13-;/m0./s1. The fraction of sp³-hybridized carbons (Fsp3) is 0.353. The van der Waals surface area contributed by atoms with Crippen molar-refractivity contribution in [1.29, 1.82) is 0 Å². The molecule has 1 saturated heterocycles. The maximum absolute atomic E-state index is 12.5. The Kier molecular flexibility index (Phi) is 6.13. The Morgan fingerprint density at radius 3 is 2.64 bits per heavy atom. The molecule has 0 saturated carbocycles. The van der Waals surface area contributed by atoms with Crippen LogP contribution in [-0.4, -0.2) is 52.2 Å². The Hall–Kier alpha value is -2.87. The lowest BCUT2D eigenvalue weighted by Gasteiger charge is -2.11. The minimum Gasteiger partial charge on any atom is -0.483 e. The summed E-state index contributed by atoms with van der Waals surface area (Å²) in [6, 6.07) is 7.08. The second-order valence-electron chi connectivity index (χ2n) is 5.69. The summed E-state index contributed by atoms with van der Waals surface area (Å²) < 4.78 is 0. The van der Waals surface area contributed by atoms with E-state index in [2.05, 4.69) is 15.6 Å². The molecule has 1 aromatic carbocycles. The highest BCUT2D eigenvalue weighted by atomic mass is 16.4. The molecular formula is C17H21N3O5. The number of aromatic amines is 1. The Morgan fingerprint density at radius 2 is 2.04 bits per heavy atom. The van der Waals surface area contributed by atoms with Crippen LogP contribution in [0.25, 0.3) is 10.9 Å². The number of aryl methyl sites for hydroxylation is 1. The summed E-state index contributed by atoms with van der Waals surface area (Å²) >= 11 is 0. The van der Waals surface area contributed by atoms with Gasteiger partial charge in [0.25, 0.3) is 12.4 Å². The van der Waals surface area contributed by atoms with Gasteiger partial charge in [0.05, 0.1) is 0 Å². The van der Waals surface area contributed by atoms with Crippen molar-refractivity contribution in [2.45, 2.75) is 31.8 Å². The molecule has 0 radical (unpaired) electrons. The van der Waals surface area contributed by atoms with Crippen LogP contribution in [0.3, 0.4) is 0 Å². The van der Waals surface area contributed by atoms with E-state index in [1.165, 1.54) is 0 Å². The molecule has 8 nitrogen and oxygen atoms in total. The van der Waals surface area contributed by atoms with E-state index < -0.39 is 12.0 Å². The van der Waals surface area contributed by atoms with E-state index in [0.29, 0.717) is 18.7 Å². The number of carbonyl (C=O) groups is 3. The lowest BCUT2D eigenvalue weighted by Crippen LogP contribution is -2.36. The minimum absolute atomic E-state index is 0.162. The number of carboxylic acids is 1. The average molecular weight is 347 g/mol. The normalized spacial score (nSPS) is 19.1. The van der Waals surface area contributed by atoms with Crippen molar-refractivity contribution in [3.8, 4) is 0 Å². The molecule has 1 fully saturated rings. The first-order valence-electron chi connectivity index (χ1n) is 7.96. The monoisotopic (exact) mass is 347 g/mol. The van der Waals surface area contributed by atoms with Gasteiger partial charge in [-0.2, -0.15) is 0 Å². The second-order valence-corrected chi connectivity index (χ2v) is 5.69. The average Bonchev–Trinajstić information content (AvgIpc) is 3.19. The number of aromatic nitrogens is 1. The van der Waals surface area contributed by atoms with Gasteiger partial charge in [0.2, 0.25) is 0 Å². The predicted octanol–water partition coefficient (Wildman–Crippen LogP) is 0.976. The lowest BCUT2D eigenvalue weighted by molar-refractivity contribution is -0.139. The molecule has 0 aliphatic carbocycles. The van der Waals surface area contributed by atoms with Crippen LogP contribution in [0, 0.1) is 0 Å². The van der Waals surface area contributed by atoms with E-state index in [1.807, 2.05) is 31.2 Å². The largest absolute Gasteiger partial charge is 0.483 e. The van der Waals surface area contributed by atoms with Gasteiger partial charge in [0, 0.05) is 23.5 Å². The van der Waals surface area contributed by atoms with Crippen molar-refractivity contribution < 1.29 is 24.6 Å². The SMILES string of the molecule is CCc1c(C(=O)N[C@@H]2CN[C@H](C(=O)O)C2)[nH]c2ccccc12.O=CO. The summed E-state index contributed by atoms with van der Waals surface area (Å²) in [7, 11) is 0. The van der Waals surface area contributed by atoms with E-state index in [1.54, 1.807) is 0 Å². The Balaban J connectivity index is 0.000000701. The van der Waals surface area contributed by atoms with Crippen molar-refractivity contribution in [1.82, 2.24) is 15.6 Å². The molecule has 0 spiro atoms. The number of aliphatic carboxylic acids is 1. The number of hydrogen-bond acceptors (Lipinski definition) is 4. The minimum atomic E-state index is -0.878. The summed E-state index contributed by atoms with van der Waals surface area (Å²) in [5, 5.41) is 22.7. The van der Waals surface area contributed by atoms with Crippen LogP contribution in [-0.2, 0) is 16.0 Å². The first-order valence-corrected chi connectivity index (χ1v) is 7.96. The molecule has 0 bridgehead atoms. The van der Waals surface area contributed by atoms with Crippen LogP contribution < -0.4 is 10.6 Å². The second kappa shape index (κ2) is 8.29. The van der Waals surface area contributed by atoms with Crippen molar-refractivity contribution in [3.05, 3.63) is 35.5 Å². The zero-order valence-corrected chi connectivity index (χ0v) is 13.8. The van der Waals surface area contributed by atoms with Gasteiger partial charge < -0.3 is 25.8 Å². The van der Waals surface area contributed by atoms with Gasteiger partial charge in [-0.1, -0.05) is 25.1 Å². The van der Waals surface area contributed by atoms with Crippen LogP contribution in [0.15, 0.2) is 24.3 Å². The molecule has 0 unspecified atom stereocenters. The molecule has 1 aliphatic heterocycles. The molecule has 134 valence electrons. The highest BCUT2D eigenvalue weighted by Crippen LogP contribution is 2.23. The number of H-pyrrole nitrogens is 1. The highest BCUT2D eigenvalue weighted by molar-refractivity contribution is 6.01. The van der Waals surface area contributed by atoms with Gasteiger partial charge in [-0.15, -0.1) is 0 Å². The molecule has 25 heavy (non-hydrogen) atoms. The Morgan fingerprint density at radius 1 is 1.36 bits per heavy atom. The fourth-order valence-electron chi connectivity index (χ4n) is 3.05. The van der Waals surface area contributed by atoms with Crippen LogP contribution in [0.5, 0.6) is 0 Å². The molecule has 3 rings (SSSR count). The number of carbonyl (C=O) groups excluding carboxylic acids is 1. The topological polar surface area (TPSA) is 132 Å². The summed E-state index contributed by atoms with van der Waals surface area (Å²) in [5.41, 5.74) is 2.51. The van der Waals surface area contributed by atoms with Crippen LogP contribution >= 0.6 is 0 Å². The number of benzene rings is 1. The third kappa shape index (κ3) is 4.16. The maximum Gasteiger partial charge on any atom is 0.320 e. The van der Waals surface area contributed by atoms with Crippen LogP contribution in [0.4, 0.5) is 0 Å². The fourth-order valence-corrected chi connectivity index (χ4v) is 3.05. The predicted molar refractivity (Wildman–Crippen MR) is 91.7 cm³/mol. The molecule has 2 heterocycles. The third-order valence-corrected chi connectivity index (χ3v) is 4.16. The highest BCUT2D eigenvalue weighted by Gasteiger charge is 2.30. The number of nitrogens with one attached hydrogen (secondary N) is 3. The lowest BCUT2D eigenvalue weighted by atomic mass is 10.1. The third-order valence-electron chi connectivity index (χ3n) is 4.16. The van der Waals surface area contributed by atoms with Crippen molar-refractivity contribution >= 4 is 29.3 Å². The van der Waals surface area contributed by atoms with Crippen LogP contribution in [0.2, 0.25) is 0 Å². The van der Waals surface area contributed by atoms with Crippen molar-refractivity contribution in [2.75, 3.05) is 6.54 Å². The van der Waals surface area contributed by atoms with Gasteiger partial charge in [-0.3, -0.25) is 14.4 Å². The Labute approximate surface area is 144 Å². The number of hydrogen-bond donors (Lipinski definition) is 5. The molecule has 5 N–H and O–H groups in total. The number of amides is 1. The van der Waals surface area contributed by atoms with Crippen molar-refractivity contribution in [2.24, 2.45) is 0 Å². The van der Waals surface area contributed by atoms with Gasteiger partial charge >= 0.3 is 5.97 Å². The van der Waals surface area contributed by atoms with Gasteiger partial charge in [0.15, 0.2) is 0 Å². The zero-order chi connectivity index (χ0) is 18.4. The molecule has 1 amide bonds. The van der Waals surface area contributed by atoms with E-state index in [-0.39, 0.29) is 18.4 Å². The summed E-state index contributed by atoms with van der Waals surface area (Å²) in [5.74, 6) is -1.05. The molecule has 2 atom stereocenters. The molecule has 1 aromatic heterocycles. The number of fused-ring (bicyclic) bond motifs is 1. The van der Waals surface area contributed by atoms with E-state index in [4.69, 9.17) is 15.0 Å². The summed E-state index contributed by atoms with van der Waals surface area (Å²) in [6.45, 7) is 2.24. The number of para-hydroxylation sites is 1. The summed E-state index contributed by atoms with van der Waals surface area (Å²) in [6.07, 6.45) is 1.16. The molecule has 1 aliphatic rings. The van der Waals surface area contributed by atoms with E-state index >= 15 is 0 Å². The molecule has 8 heteroatoms. The maximum atomic E-state index is 12.5. The first-order chi connectivity index (χ1) is 12.0. The quantitative estimate of drug-likeness (QED) is 0.524. The zero-order valence-electron chi connectivity index (χ0n) is 13.8. The van der Waals surface area contributed by atoms with E-state index in [9.17, 15) is 9.59 Å². The summed E-state index contributed by atoms with van der Waals surface area (Å²) in [4.78, 5) is 35.0. The molecular weight excluding hydrogens is 326 g/mol. The van der Waals surface area contributed by atoms with Gasteiger partial charge in [-0.25, -0.2) is 0 Å². The smallest absolute Gasteiger partial charge is 0.320 e. The Bertz CT molecular complexity index is 771. The van der Waals surface area contributed by atoms with Crippen LogP contribution in [0.1, 0.15) is 29.4 Å². The van der Waals surface area contributed by atoms with Gasteiger partial charge in [0.1, 0.15) is 11.7 Å². The number of rotatable bonds is 4. The van der Waals surface area contributed by atoms with Crippen molar-refractivity contribution in [3.63, 3.8) is 0 Å². The first kappa shape index (κ1) is 18.5. The van der Waals surface area contributed by atoms with Gasteiger partial charge in [-0.05, 0) is 24.5 Å². The van der Waals surface area contributed by atoms with E-state index in [0.717, 1.165) is 22.9 Å². The molecule has 2 aromatic rings. The number of carboxylic acid groups (broad SMARTS) is 2.